The molecule has 0 aliphatic rings. The molecule has 0 rings (SSSR count). The SMILES string of the molecule is CSCCOC(O)SC. The maximum Gasteiger partial charge on any atom is 0.204 e. The molecule has 0 saturated heterocycles. The van der Waals surface area contributed by atoms with E-state index in [1.54, 1.807) is 11.8 Å². The molecule has 4 heteroatoms. The van der Waals surface area contributed by atoms with Gasteiger partial charge in [-0.3, -0.25) is 0 Å². The zero-order valence-electron chi connectivity index (χ0n) is 5.66. The van der Waals surface area contributed by atoms with Crippen LogP contribution in [0.5, 0.6) is 0 Å². The van der Waals surface area contributed by atoms with Crippen molar-refractivity contribution >= 4 is 23.5 Å². The standard InChI is InChI=1S/C5H12O2S2/c1-8-4-3-7-5(6)9-2/h5-6H,3-4H2,1-2H3. The van der Waals surface area contributed by atoms with Gasteiger partial charge in [0.05, 0.1) is 6.61 Å². The molecule has 0 amide bonds. The molecule has 1 N–H and O–H groups in total. The van der Waals surface area contributed by atoms with Gasteiger partial charge in [0.25, 0.3) is 0 Å². The van der Waals surface area contributed by atoms with E-state index in [9.17, 15) is 0 Å². The summed E-state index contributed by atoms with van der Waals surface area (Å²) in [4.78, 5) is 0. The average Bonchev–Trinajstić information content (AvgIpc) is 1.89. The zero-order valence-corrected chi connectivity index (χ0v) is 7.30. The van der Waals surface area contributed by atoms with Crippen LogP contribution >= 0.6 is 23.5 Å². The average molecular weight is 168 g/mol. The highest BCUT2D eigenvalue weighted by Crippen LogP contribution is 2.03. The molecular weight excluding hydrogens is 156 g/mol. The van der Waals surface area contributed by atoms with Gasteiger partial charge in [-0.1, -0.05) is 0 Å². The van der Waals surface area contributed by atoms with Crippen molar-refractivity contribution < 1.29 is 9.84 Å². The Labute approximate surface area is 64.4 Å². The van der Waals surface area contributed by atoms with Gasteiger partial charge in [0.2, 0.25) is 5.62 Å². The molecule has 0 radical (unpaired) electrons. The normalized spacial score (nSPS) is 13.7. The van der Waals surface area contributed by atoms with E-state index in [0.717, 1.165) is 5.75 Å². The summed E-state index contributed by atoms with van der Waals surface area (Å²) in [7, 11) is 0. The fourth-order valence-corrected chi connectivity index (χ4v) is 0.796. The lowest BCUT2D eigenvalue weighted by Gasteiger charge is -2.06. The lowest BCUT2D eigenvalue weighted by atomic mass is 10.9. The maximum absolute atomic E-state index is 8.82. The Morgan fingerprint density at radius 1 is 1.56 bits per heavy atom. The van der Waals surface area contributed by atoms with Crippen molar-refractivity contribution in [2.45, 2.75) is 5.62 Å². The number of hydrogen-bond donors (Lipinski definition) is 1. The molecular formula is C5H12O2S2. The molecule has 9 heavy (non-hydrogen) atoms. The molecule has 0 aromatic rings. The monoisotopic (exact) mass is 168 g/mol. The van der Waals surface area contributed by atoms with E-state index in [-0.39, 0.29) is 0 Å². The largest absolute Gasteiger partial charge is 0.360 e. The summed E-state index contributed by atoms with van der Waals surface area (Å²) in [6.45, 7) is 0.628. The van der Waals surface area contributed by atoms with Crippen LogP contribution in [0.3, 0.4) is 0 Å². The third kappa shape index (κ3) is 6.51. The Bertz CT molecular complexity index is 60.9. The van der Waals surface area contributed by atoms with E-state index in [0.29, 0.717) is 6.61 Å². The van der Waals surface area contributed by atoms with Crippen molar-refractivity contribution in [3.05, 3.63) is 0 Å². The summed E-state index contributed by atoms with van der Waals surface area (Å²) in [6, 6.07) is 0. The first-order valence-corrected chi connectivity index (χ1v) is 5.31. The summed E-state index contributed by atoms with van der Waals surface area (Å²) >= 11 is 3.01. The van der Waals surface area contributed by atoms with Crippen molar-refractivity contribution in [3.63, 3.8) is 0 Å². The van der Waals surface area contributed by atoms with Crippen LogP contribution in [0.25, 0.3) is 0 Å². The minimum absolute atomic E-state index is 0.628. The Morgan fingerprint density at radius 3 is 2.67 bits per heavy atom. The zero-order chi connectivity index (χ0) is 7.11. The molecule has 0 aliphatic heterocycles. The third-order valence-corrected chi connectivity index (χ3v) is 1.86. The van der Waals surface area contributed by atoms with E-state index in [2.05, 4.69) is 0 Å². The molecule has 1 atom stereocenters. The number of hydrogen-bond acceptors (Lipinski definition) is 4. The highest BCUT2D eigenvalue weighted by atomic mass is 32.2. The van der Waals surface area contributed by atoms with Crippen molar-refractivity contribution in [2.24, 2.45) is 0 Å². The number of aliphatic hydroxyl groups excluding tert-OH is 1. The van der Waals surface area contributed by atoms with Gasteiger partial charge in [-0.25, -0.2) is 0 Å². The van der Waals surface area contributed by atoms with Crippen LogP contribution in [0.15, 0.2) is 0 Å². The van der Waals surface area contributed by atoms with E-state index in [4.69, 9.17) is 9.84 Å². The second-order valence-electron chi connectivity index (χ2n) is 1.41. The lowest BCUT2D eigenvalue weighted by molar-refractivity contribution is -0.0246. The molecule has 0 bridgehead atoms. The van der Waals surface area contributed by atoms with Crippen LogP contribution in [-0.2, 0) is 4.74 Å². The highest BCUT2D eigenvalue weighted by molar-refractivity contribution is 7.99. The lowest BCUT2D eigenvalue weighted by Crippen LogP contribution is -2.08. The minimum atomic E-state index is -0.642. The summed E-state index contributed by atoms with van der Waals surface area (Å²) in [5.41, 5.74) is -0.642. The van der Waals surface area contributed by atoms with Gasteiger partial charge in [0, 0.05) is 5.75 Å². The van der Waals surface area contributed by atoms with Gasteiger partial charge >= 0.3 is 0 Å². The van der Waals surface area contributed by atoms with Crippen LogP contribution in [0.4, 0.5) is 0 Å². The second kappa shape index (κ2) is 6.74. The summed E-state index contributed by atoms with van der Waals surface area (Å²) in [5, 5.41) is 8.82. The second-order valence-corrected chi connectivity index (χ2v) is 3.27. The number of thioether (sulfide) groups is 2. The number of rotatable bonds is 5. The minimum Gasteiger partial charge on any atom is -0.360 e. The van der Waals surface area contributed by atoms with Crippen LogP contribution in [0.2, 0.25) is 0 Å². The Kier molecular flexibility index (Phi) is 7.20. The summed E-state index contributed by atoms with van der Waals surface area (Å²) < 4.78 is 4.93. The molecule has 0 heterocycles. The van der Waals surface area contributed by atoms with Crippen LogP contribution in [-0.4, -0.2) is 35.6 Å². The molecule has 2 nitrogen and oxygen atoms in total. The topological polar surface area (TPSA) is 29.5 Å². The van der Waals surface area contributed by atoms with Crippen molar-refractivity contribution in [3.8, 4) is 0 Å². The maximum atomic E-state index is 8.82. The van der Waals surface area contributed by atoms with Crippen molar-refractivity contribution in [1.29, 1.82) is 0 Å². The Balaban J connectivity index is 2.88. The number of ether oxygens (including phenoxy) is 1. The van der Waals surface area contributed by atoms with E-state index >= 15 is 0 Å². The van der Waals surface area contributed by atoms with Crippen molar-refractivity contribution in [2.75, 3.05) is 24.9 Å². The highest BCUT2D eigenvalue weighted by Gasteiger charge is 1.97. The molecule has 0 aromatic heterocycles. The molecule has 1 unspecified atom stereocenters. The molecule has 56 valence electrons. The van der Waals surface area contributed by atoms with Crippen LogP contribution in [0.1, 0.15) is 0 Å². The molecule has 0 saturated carbocycles. The molecule has 0 fully saturated rings. The first kappa shape index (κ1) is 9.62. The van der Waals surface area contributed by atoms with Crippen LogP contribution in [0, 0.1) is 0 Å². The Hall–Kier alpha value is 0.620. The van der Waals surface area contributed by atoms with Gasteiger partial charge < -0.3 is 9.84 Å². The number of aliphatic hydroxyl groups is 1. The van der Waals surface area contributed by atoms with E-state index in [1.807, 2.05) is 12.5 Å². The first-order valence-electron chi connectivity index (χ1n) is 2.62. The fraction of sp³-hybridized carbons (Fsp3) is 1.00. The van der Waals surface area contributed by atoms with E-state index in [1.165, 1.54) is 11.8 Å². The quantitative estimate of drug-likeness (QED) is 0.490. The van der Waals surface area contributed by atoms with Gasteiger partial charge in [-0.05, 0) is 12.5 Å². The molecule has 0 aliphatic carbocycles. The first-order chi connectivity index (χ1) is 4.31. The predicted molar refractivity (Wildman–Crippen MR) is 43.9 cm³/mol. The van der Waals surface area contributed by atoms with E-state index < -0.39 is 5.62 Å². The predicted octanol–water partition coefficient (Wildman–Crippen LogP) is 1.00. The molecule has 0 spiro atoms. The third-order valence-electron chi connectivity index (χ3n) is 0.750. The van der Waals surface area contributed by atoms with Crippen LogP contribution < -0.4 is 0 Å². The van der Waals surface area contributed by atoms with Crippen molar-refractivity contribution in [1.82, 2.24) is 0 Å². The van der Waals surface area contributed by atoms with Gasteiger partial charge in [0.1, 0.15) is 0 Å². The smallest absolute Gasteiger partial charge is 0.204 e. The molecule has 0 aromatic carbocycles. The fourth-order valence-electron chi connectivity index (χ4n) is 0.300. The van der Waals surface area contributed by atoms with Gasteiger partial charge in [0.15, 0.2) is 0 Å². The van der Waals surface area contributed by atoms with Gasteiger partial charge in [-0.15, -0.1) is 11.8 Å². The van der Waals surface area contributed by atoms with Gasteiger partial charge in [-0.2, -0.15) is 11.8 Å². The Morgan fingerprint density at radius 2 is 2.22 bits per heavy atom. The summed E-state index contributed by atoms with van der Waals surface area (Å²) in [6.07, 6.45) is 3.82. The summed E-state index contributed by atoms with van der Waals surface area (Å²) in [5.74, 6) is 0.942.